The van der Waals surface area contributed by atoms with Crippen molar-refractivity contribution in [2.75, 3.05) is 13.1 Å². The minimum absolute atomic E-state index is 0.216. The molecular formula is C11H20N4O3S. The predicted octanol–water partition coefficient (Wildman–Crippen LogP) is 0.192. The Kier molecular flexibility index (Phi) is 7.50. The zero-order valence-corrected chi connectivity index (χ0v) is 12.1. The second kappa shape index (κ2) is 8.30. The molecule has 0 aromatic rings. The molecule has 0 aromatic carbocycles. The highest BCUT2D eigenvalue weighted by atomic mass is 32.1. The highest BCUT2D eigenvalue weighted by molar-refractivity contribution is 7.80. The van der Waals surface area contributed by atoms with Gasteiger partial charge in [0.05, 0.1) is 0 Å². The molecule has 0 saturated heterocycles. The van der Waals surface area contributed by atoms with Crippen molar-refractivity contribution in [1.29, 1.82) is 0 Å². The van der Waals surface area contributed by atoms with Gasteiger partial charge in [0.2, 0.25) is 0 Å². The first kappa shape index (κ1) is 17.2. The van der Waals surface area contributed by atoms with E-state index in [1.54, 1.807) is 26.8 Å². The molecule has 108 valence electrons. The van der Waals surface area contributed by atoms with Crippen LogP contribution < -0.4 is 21.5 Å². The summed E-state index contributed by atoms with van der Waals surface area (Å²) in [6.07, 6.45) is 0.967. The maximum absolute atomic E-state index is 11.3. The molecule has 0 saturated carbocycles. The fourth-order valence-corrected chi connectivity index (χ4v) is 0.981. The summed E-state index contributed by atoms with van der Waals surface area (Å²) < 4.78 is 4.97. The predicted molar refractivity (Wildman–Crippen MR) is 76.3 cm³/mol. The smallest absolute Gasteiger partial charge is 0.408 e. The van der Waals surface area contributed by atoms with Crippen molar-refractivity contribution >= 4 is 29.3 Å². The lowest BCUT2D eigenvalue weighted by molar-refractivity contribution is -0.120. The summed E-state index contributed by atoms with van der Waals surface area (Å²) in [7, 11) is 0. The van der Waals surface area contributed by atoms with Gasteiger partial charge in [-0.05, 0) is 33.0 Å². The molecule has 8 heteroatoms. The number of amides is 2. The van der Waals surface area contributed by atoms with Gasteiger partial charge in [0, 0.05) is 6.54 Å². The topological polar surface area (TPSA) is 91.5 Å². The zero-order valence-electron chi connectivity index (χ0n) is 11.3. The molecule has 0 rings (SSSR count). The summed E-state index contributed by atoms with van der Waals surface area (Å²) in [6, 6.07) is 0. The molecule has 7 nitrogen and oxygen atoms in total. The number of hydrazine groups is 1. The molecule has 4 N–H and O–H groups in total. The van der Waals surface area contributed by atoms with Crippen molar-refractivity contribution in [3.8, 4) is 0 Å². The number of nitrogens with one attached hydrogen (secondary N) is 4. The maximum atomic E-state index is 11.3. The molecule has 0 aliphatic heterocycles. The minimum Gasteiger partial charge on any atom is -0.444 e. The Morgan fingerprint density at radius 1 is 1.26 bits per heavy atom. The minimum atomic E-state index is -0.657. The number of ether oxygens (including phenoxy) is 1. The van der Waals surface area contributed by atoms with Crippen LogP contribution in [0.25, 0.3) is 0 Å². The Morgan fingerprint density at radius 2 is 1.89 bits per heavy atom. The second-order valence-electron chi connectivity index (χ2n) is 4.53. The van der Waals surface area contributed by atoms with Crippen molar-refractivity contribution in [2.24, 2.45) is 0 Å². The Morgan fingerprint density at radius 3 is 2.42 bits per heavy atom. The zero-order chi connectivity index (χ0) is 14.9. The van der Waals surface area contributed by atoms with Crippen LogP contribution in [0.5, 0.6) is 0 Å². The van der Waals surface area contributed by atoms with Gasteiger partial charge in [-0.2, -0.15) is 0 Å². The summed E-state index contributed by atoms with van der Waals surface area (Å²) in [4.78, 5) is 22.6. The van der Waals surface area contributed by atoms with Crippen LogP contribution in [0.4, 0.5) is 4.79 Å². The average Bonchev–Trinajstić information content (AvgIpc) is 2.29. The highest BCUT2D eigenvalue weighted by Gasteiger charge is 2.16. The maximum Gasteiger partial charge on any atom is 0.408 e. The first-order valence-corrected chi connectivity index (χ1v) is 6.06. The van der Waals surface area contributed by atoms with E-state index in [0.29, 0.717) is 6.54 Å². The van der Waals surface area contributed by atoms with Crippen molar-refractivity contribution in [2.45, 2.75) is 26.4 Å². The largest absolute Gasteiger partial charge is 0.444 e. The van der Waals surface area contributed by atoms with Gasteiger partial charge in [0.15, 0.2) is 5.11 Å². The van der Waals surface area contributed by atoms with Gasteiger partial charge in [-0.15, -0.1) is 6.58 Å². The van der Waals surface area contributed by atoms with Gasteiger partial charge >= 0.3 is 6.09 Å². The molecule has 0 unspecified atom stereocenters. The Hall–Kier alpha value is -1.83. The Bertz CT molecular complexity index is 352. The molecule has 19 heavy (non-hydrogen) atoms. The van der Waals surface area contributed by atoms with Gasteiger partial charge in [-0.25, -0.2) is 4.79 Å². The van der Waals surface area contributed by atoms with E-state index in [9.17, 15) is 9.59 Å². The molecule has 0 aliphatic rings. The van der Waals surface area contributed by atoms with Gasteiger partial charge in [-0.3, -0.25) is 15.6 Å². The van der Waals surface area contributed by atoms with Gasteiger partial charge < -0.3 is 15.4 Å². The molecule has 0 aromatic heterocycles. The van der Waals surface area contributed by atoms with E-state index in [4.69, 9.17) is 17.0 Å². The first-order valence-electron chi connectivity index (χ1n) is 5.65. The second-order valence-corrected chi connectivity index (χ2v) is 4.94. The number of thiocarbonyl (C=S) groups is 1. The number of rotatable bonds is 4. The van der Waals surface area contributed by atoms with Crippen LogP contribution in [0.15, 0.2) is 12.7 Å². The third-order valence-electron chi connectivity index (χ3n) is 1.51. The highest BCUT2D eigenvalue weighted by Crippen LogP contribution is 2.05. The van der Waals surface area contributed by atoms with Crippen LogP contribution in [-0.4, -0.2) is 35.8 Å². The lowest BCUT2D eigenvalue weighted by atomic mass is 10.2. The van der Waals surface area contributed by atoms with Crippen molar-refractivity contribution in [3.05, 3.63) is 12.7 Å². The fourth-order valence-electron chi connectivity index (χ4n) is 0.846. The molecule has 0 radical (unpaired) electrons. The number of hydrogen-bond acceptors (Lipinski definition) is 4. The van der Waals surface area contributed by atoms with Crippen LogP contribution in [0.2, 0.25) is 0 Å². The van der Waals surface area contributed by atoms with E-state index in [0.717, 1.165) is 0 Å². The average molecular weight is 288 g/mol. The third kappa shape index (κ3) is 11.0. The van der Waals surface area contributed by atoms with Crippen LogP contribution in [0, 0.1) is 0 Å². The quantitative estimate of drug-likeness (QED) is 0.335. The van der Waals surface area contributed by atoms with Crippen molar-refractivity contribution < 1.29 is 14.3 Å². The summed E-state index contributed by atoms with van der Waals surface area (Å²) in [5, 5.41) is 5.33. The van der Waals surface area contributed by atoms with Gasteiger partial charge in [0.25, 0.3) is 5.91 Å². The molecular weight excluding hydrogens is 268 g/mol. The number of carbonyl (C=O) groups excluding carboxylic acids is 2. The molecule has 0 aliphatic carbocycles. The number of carbonyl (C=O) groups is 2. The Balaban J connectivity index is 3.78. The van der Waals surface area contributed by atoms with Crippen molar-refractivity contribution in [3.63, 3.8) is 0 Å². The Labute approximate surface area is 118 Å². The fraction of sp³-hybridized carbons (Fsp3) is 0.545. The van der Waals surface area contributed by atoms with Crippen LogP contribution in [0.1, 0.15) is 20.8 Å². The number of hydrogen-bond donors (Lipinski definition) is 4. The van der Waals surface area contributed by atoms with E-state index >= 15 is 0 Å². The van der Waals surface area contributed by atoms with Gasteiger partial charge in [-0.1, -0.05) is 6.08 Å². The normalized spacial score (nSPS) is 10.1. The van der Waals surface area contributed by atoms with E-state index in [-0.39, 0.29) is 11.7 Å². The summed E-state index contributed by atoms with van der Waals surface area (Å²) in [6.45, 7) is 8.98. The van der Waals surface area contributed by atoms with Crippen LogP contribution >= 0.6 is 12.2 Å². The molecule has 2 amide bonds. The van der Waals surface area contributed by atoms with E-state index < -0.39 is 17.6 Å². The molecule has 0 atom stereocenters. The molecule has 0 heterocycles. The first-order chi connectivity index (χ1) is 8.74. The van der Waals surface area contributed by atoms with E-state index in [1.165, 1.54) is 0 Å². The SMILES string of the molecule is C=CCNC(=S)NNC(=O)CNC(=O)OC(C)(C)C. The summed E-state index contributed by atoms with van der Waals surface area (Å²) in [5.41, 5.74) is 4.18. The van der Waals surface area contributed by atoms with E-state index in [1.807, 2.05) is 0 Å². The number of alkyl carbamates (subject to hydrolysis) is 1. The van der Waals surface area contributed by atoms with E-state index in [2.05, 4.69) is 28.1 Å². The molecule has 0 spiro atoms. The van der Waals surface area contributed by atoms with Crippen molar-refractivity contribution in [1.82, 2.24) is 21.5 Å². The van der Waals surface area contributed by atoms with Crippen LogP contribution in [0.3, 0.4) is 0 Å². The molecule has 0 bridgehead atoms. The third-order valence-corrected chi connectivity index (χ3v) is 1.76. The molecule has 0 fully saturated rings. The lowest BCUT2D eigenvalue weighted by Gasteiger charge is -2.19. The summed E-state index contributed by atoms with van der Waals surface area (Å²) in [5.74, 6) is -0.450. The lowest BCUT2D eigenvalue weighted by Crippen LogP contribution is -2.50. The summed E-state index contributed by atoms with van der Waals surface area (Å²) >= 11 is 4.85. The standard InChI is InChI=1S/C11H20N4O3S/c1-5-6-12-9(19)15-14-8(16)7-13-10(17)18-11(2,3)4/h5H,1,6-7H2,2-4H3,(H,13,17)(H,14,16)(H2,12,15,19). The van der Waals surface area contributed by atoms with Gasteiger partial charge in [0.1, 0.15) is 12.1 Å². The van der Waals surface area contributed by atoms with Crippen LogP contribution in [-0.2, 0) is 9.53 Å². The monoisotopic (exact) mass is 288 g/mol.